The monoisotopic (exact) mass is 238 g/mol. The van der Waals surface area contributed by atoms with E-state index in [0.29, 0.717) is 5.92 Å². The SMILES string of the molecule is CC(C)C[C-]=CN1[C-]=CCC1.[Y]. The third kappa shape index (κ3) is 5.10. The van der Waals surface area contributed by atoms with Gasteiger partial charge in [0.15, 0.2) is 0 Å². The van der Waals surface area contributed by atoms with Crippen LogP contribution >= 0.6 is 0 Å². The van der Waals surface area contributed by atoms with Crippen LogP contribution in [0, 0.1) is 18.2 Å². The van der Waals surface area contributed by atoms with E-state index in [1.165, 1.54) is 0 Å². The summed E-state index contributed by atoms with van der Waals surface area (Å²) in [7, 11) is 0. The summed E-state index contributed by atoms with van der Waals surface area (Å²) in [5.41, 5.74) is 0. The number of allylic oxidation sites excluding steroid dienone is 1. The maximum absolute atomic E-state index is 3.25. The Hall–Kier alpha value is 0.384. The molecule has 0 aromatic carbocycles. The number of hydrogen-bond donors (Lipinski definition) is 0. The zero-order valence-electron chi connectivity index (χ0n) is 7.88. The van der Waals surface area contributed by atoms with Gasteiger partial charge in [-0.2, -0.15) is 18.7 Å². The van der Waals surface area contributed by atoms with Crippen LogP contribution in [0.15, 0.2) is 12.3 Å². The van der Waals surface area contributed by atoms with Gasteiger partial charge in [0, 0.05) is 32.7 Å². The molecule has 1 aliphatic rings. The van der Waals surface area contributed by atoms with E-state index in [0.717, 1.165) is 19.4 Å². The second kappa shape index (κ2) is 6.85. The molecule has 0 fully saturated rings. The molecular formula is C10H15NY-2. The number of nitrogens with zero attached hydrogens (tertiary/aromatic N) is 1. The molecule has 0 saturated carbocycles. The fourth-order valence-electron chi connectivity index (χ4n) is 0.950. The van der Waals surface area contributed by atoms with E-state index in [1.54, 1.807) is 0 Å². The van der Waals surface area contributed by atoms with Crippen LogP contribution in [-0.4, -0.2) is 11.4 Å². The van der Waals surface area contributed by atoms with Gasteiger partial charge in [0.1, 0.15) is 0 Å². The molecule has 2 heteroatoms. The fraction of sp³-hybridized carbons (Fsp3) is 0.600. The molecule has 1 heterocycles. The molecule has 1 radical (unpaired) electrons. The van der Waals surface area contributed by atoms with E-state index in [-0.39, 0.29) is 32.7 Å². The van der Waals surface area contributed by atoms with Crippen LogP contribution in [0.2, 0.25) is 0 Å². The first kappa shape index (κ1) is 12.4. The summed E-state index contributed by atoms with van der Waals surface area (Å²) in [6.45, 7) is 5.47. The van der Waals surface area contributed by atoms with E-state index in [2.05, 4.69) is 37.1 Å². The van der Waals surface area contributed by atoms with Crippen molar-refractivity contribution in [2.24, 2.45) is 5.92 Å². The van der Waals surface area contributed by atoms with Crippen LogP contribution in [-0.2, 0) is 32.7 Å². The quantitative estimate of drug-likeness (QED) is 0.682. The molecule has 0 atom stereocenters. The summed E-state index contributed by atoms with van der Waals surface area (Å²) in [5, 5.41) is 0. The average molecular weight is 238 g/mol. The summed E-state index contributed by atoms with van der Waals surface area (Å²) in [5.74, 6) is 0.706. The zero-order chi connectivity index (χ0) is 8.10. The van der Waals surface area contributed by atoms with Crippen LogP contribution in [0.3, 0.4) is 0 Å². The normalized spacial score (nSPS) is 16.1. The van der Waals surface area contributed by atoms with Gasteiger partial charge >= 0.3 is 0 Å². The van der Waals surface area contributed by atoms with Crippen LogP contribution in [0.4, 0.5) is 0 Å². The minimum atomic E-state index is 0. The molecule has 0 aromatic heterocycles. The Morgan fingerprint density at radius 3 is 2.92 bits per heavy atom. The first-order valence-corrected chi connectivity index (χ1v) is 4.20. The van der Waals surface area contributed by atoms with Crippen molar-refractivity contribution in [3.8, 4) is 0 Å². The Morgan fingerprint density at radius 2 is 2.42 bits per heavy atom. The Bertz CT molecular complexity index is 161. The Morgan fingerprint density at radius 1 is 1.67 bits per heavy atom. The predicted octanol–water partition coefficient (Wildman–Crippen LogP) is 2.37. The third-order valence-corrected chi connectivity index (χ3v) is 1.54. The van der Waals surface area contributed by atoms with Crippen LogP contribution in [0.5, 0.6) is 0 Å². The molecule has 0 N–H and O–H groups in total. The topological polar surface area (TPSA) is 3.24 Å². The Balaban J connectivity index is 0.00000121. The van der Waals surface area contributed by atoms with Crippen molar-refractivity contribution in [2.45, 2.75) is 26.7 Å². The van der Waals surface area contributed by atoms with Gasteiger partial charge in [-0.3, -0.25) is 0 Å². The van der Waals surface area contributed by atoms with Crippen molar-refractivity contribution in [2.75, 3.05) is 6.54 Å². The number of hydrogen-bond acceptors (Lipinski definition) is 1. The average Bonchev–Trinajstić information content (AvgIpc) is 2.39. The van der Waals surface area contributed by atoms with E-state index in [1.807, 2.05) is 6.20 Å². The van der Waals surface area contributed by atoms with E-state index in [4.69, 9.17) is 0 Å². The second-order valence-corrected chi connectivity index (χ2v) is 3.25. The largest absolute Gasteiger partial charge is 0.585 e. The van der Waals surface area contributed by atoms with Gasteiger partial charge < -0.3 is 17.2 Å². The fourth-order valence-corrected chi connectivity index (χ4v) is 0.950. The van der Waals surface area contributed by atoms with Crippen LogP contribution < -0.4 is 0 Å². The molecular weight excluding hydrogens is 223 g/mol. The van der Waals surface area contributed by atoms with Crippen molar-refractivity contribution < 1.29 is 32.7 Å². The molecule has 1 nitrogen and oxygen atoms in total. The third-order valence-electron chi connectivity index (χ3n) is 1.54. The van der Waals surface area contributed by atoms with E-state index >= 15 is 0 Å². The van der Waals surface area contributed by atoms with Crippen molar-refractivity contribution in [3.05, 3.63) is 24.6 Å². The standard InChI is InChI=1S/C10H15N.Y/c1-10(2)6-5-9-11-7-3-4-8-11;/h3,9-10H,4,6,8H2,1-2H3;/q-2;. The smallest absolute Gasteiger partial charge is 0 e. The van der Waals surface area contributed by atoms with Crippen LogP contribution in [0.1, 0.15) is 26.7 Å². The van der Waals surface area contributed by atoms with Gasteiger partial charge in [-0.05, 0) is 13.0 Å². The van der Waals surface area contributed by atoms with Crippen LogP contribution in [0.25, 0.3) is 0 Å². The van der Waals surface area contributed by atoms with E-state index < -0.39 is 0 Å². The van der Waals surface area contributed by atoms with Gasteiger partial charge in [-0.1, -0.05) is 19.8 Å². The van der Waals surface area contributed by atoms with Gasteiger partial charge in [0.2, 0.25) is 0 Å². The van der Waals surface area contributed by atoms with Gasteiger partial charge in [-0.25, -0.2) is 0 Å². The minimum Gasteiger partial charge on any atom is -0.585 e. The number of rotatable bonds is 3. The maximum Gasteiger partial charge on any atom is 0 e. The maximum atomic E-state index is 3.25. The molecule has 12 heavy (non-hydrogen) atoms. The van der Waals surface area contributed by atoms with Gasteiger partial charge in [0.25, 0.3) is 0 Å². The molecule has 0 aliphatic carbocycles. The molecule has 0 saturated heterocycles. The summed E-state index contributed by atoms with van der Waals surface area (Å²) >= 11 is 0. The molecule has 0 unspecified atom stereocenters. The molecule has 0 bridgehead atoms. The van der Waals surface area contributed by atoms with Gasteiger partial charge in [0.05, 0.1) is 0 Å². The molecule has 1 aliphatic heterocycles. The predicted molar refractivity (Wildman–Crippen MR) is 46.4 cm³/mol. The minimum absolute atomic E-state index is 0. The van der Waals surface area contributed by atoms with Crippen molar-refractivity contribution in [1.82, 2.24) is 4.90 Å². The van der Waals surface area contributed by atoms with Gasteiger partial charge in [-0.15, -0.1) is 0 Å². The summed E-state index contributed by atoms with van der Waals surface area (Å²) < 4.78 is 0. The Kier molecular flexibility index (Phi) is 7.07. The molecule has 0 aromatic rings. The zero-order valence-corrected chi connectivity index (χ0v) is 10.7. The molecule has 1 rings (SSSR count). The summed E-state index contributed by atoms with van der Waals surface area (Å²) in [4.78, 5) is 2.06. The van der Waals surface area contributed by atoms with E-state index in [9.17, 15) is 0 Å². The van der Waals surface area contributed by atoms with Crippen molar-refractivity contribution in [3.63, 3.8) is 0 Å². The van der Waals surface area contributed by atoms with Crippen molar-refractivity contribution >= 4 is 0 Å². The summed E-state index contributed by atoms with van der Waals surface area (Å²) in [6.07, 6.45) is 12.6. The van der Waals surface area contributed by atoms with Crippen molar-refractivity contribution in [1.29, 1.82) is 0 Å². The first-order chi connectivity index (χ1) is 5.29. The molecule has 0 amide bonds. The Labute approximate surface area is 101 Å². The second-order valence-electron chi connectivity index (χ2n) is 3.25. The first-order valence-electron chi connectivity index (χ1n) is 4.20. The molecule has 65 valence electrons. The summed E-state index contributed by atoms with van der Waals surface area (Å²) in [6, 6.07) is 0. The molecule has 0 spiro atoms.